The quantitative estimate of drug-likeness (QED) is 0.366. The van der Waals surface area contributed by atoms with E-state index >= 15 is 0 Å². The zero-order valence-electron chi connectivity index (χ0n) is 17.9. The number of hydrogen-bond acceptors (Lipinski definition) is 3. The number of ether oxygens (including phenoxy) is 1. The van der Waals surface area contributed by atoms with Crippen LogP contribution < -0.4 is 5.32 Å². The second-order valence-electron chi connectivity index (χ2n) is 7.89. The molecule has 0 spiro atoms. The Morgan fingerprint density at radius 2 is 1.93 bits per heavy atom. The standard InChI is InChI=1S/C22H38N4O/c1-6-23-22(25(4)13-14-27-17-19-11-12-19)24-15-20-9-7-8-10-21(20)16-26(5)18(2)3/h7-10,18-19H,6,11-17H2,1-5H3,(H,23,24). The lowest BCUT2D eigenvalue weighted by molar-refractivity contribution is 0.115. The van der Waals surface area contributed by atoms with Crippen LogP contribution in [0.2, 0.25) is 0 Å². The molecule has 0 atom stereocenters. The Morgan fingerprint density at radius 3 is 2.56 bits per heavy atom. The summed E-state index contributed by atoms with van der Waals surface area (Å²) < 4.78 is 5.77. The number of rotatable bonds is 11. The summed E-state index contributed by atoms with van der Waals surface area (Å²) in [6.07, 6.45) is 2.68. The van der Waals surface area contributed by atoms with E-state index in [-0.39, 0.29) is 0 Å². The summed E-state index contributed by atoms with van der Waals surface area (Å²) in [6, 6.07) is 9.15. The zero-order chi connectivity index (χ0) is 19.6. The Hall–Kier alpha value is -1.59. The fourth-order valence-corrected chi connectivity index (χ4v) is 2.79. The first-order valence-corrected chi connectivity index (χ1v) is 10.4. The molecule has 1 aromatic rings. The molecule has 5 heteroatoms. The molecule has 5 nitrogen and oxygen atoms in total. The average molecular weight is 375 g/mol. The Bertz CT molecular complexity index is 583. The lowest BCUT2D eigenvalue weighted by Gasteiger charge is -2.23. The lowest BCUT2D eigenvalue weighted by Crippen LogP contribution is -2.40. The van der Waals surface area contributed by atoms with Crippen molar-refractivity contribution in [1.29, 1.82) is 0 Å². The molecule has 1 aliphatic rings. The minimum absolute atomic E-state index is 0.528. The monoisotopic (exact) mass is 374 g/mol. The van der Waals surface area contributed by atoms with Crippen molar-refractivity contribution in [3.8, 4) is 0 Å². The predicted octanol–water partition coefficient (Wildman–Crippen LogP) is 3.35. The van der Waals surface area contributed by atoms with Crippen molar-refractivity contribution in [2.45, 2.75) is 52.7 Å². The van der Waals surface area contributed by atoms with E-state index < -0.39 is 0 Å². The van der Waals surface area contributed by atoms with E-state index in [0.717, 1.165) is 44.7 Å². The van der Waals surface area contributed by atoms with Gasteiger partial charge < -0.3 is 15.0 Å². The van der Waals surface area contributed by atoms with E-state index in [1.165, 1.54) is 24.0 Å². The van der Waals surface area contributed by atoms with Gasteiger partial charge in [0.05, 0.1) is 13.2 Å². The Morgan fingerprint density at radius 1 is 1.22 bits per heavy atom. The van der Waals surface area contributed by atoms with Gasteiger partial charge in [-0.1, -0.05) is 24.3 Å². The van der Waals surface area contributed by atoms with Crippen LogP contribution in [-0.4, -0.2) is 62.2 Å². The fourth-order valence-electron chi connectivity index (χ4n) is 2.79. The number of aliphatic imine (C=N–C) groups is 1. The molecule has 0 heterocycles. The van der Waals surface area contributed by atoms with Crippen LogP contribution >= 0.6 is 0 Å². The molecular weight excluding hydrogens is 336 g/mol. The molecule has 0 amide bonds. The van der Waals surface area contributed by atoms with Gasteiger partial charge in [-0.15, -0.1) is 0 Å². The Kier molecular flexibility index (Phi) is 9.08. The van der Waals surface area contributed by atoms with Gasteiger partial charge in [0.2, 0.25) is 0 Å². The summed E-state index contributed by atoms with van der Waals surface area (Å²) in [4.78, 5) is 9.40. The second-order valence-corrected chi connectivity index (χ2v) is 7.89. The van der Waals surface area contributed by atoms with E-state index in [4.69, 9.17) is 9.73 Å². The van der Waals surface area contributed by atoms with Gasteiger partial charge in [0.25, 0.3) is 0 Å². The highest BCUT2D eigenvalue weighted by atomic mass is 16.5. The number of hydrogen-bond donors (Lipinski definition) is 1. The molecule has 0 aliphatic heterocycles. The third-order valence-corrected chi connectivity index (χ3v) is 5.14. The molecule has 1 N–H and O–H groups in total. The first kappa shape index (κ1) is 21.7. The van der Waals surface area contributed by atoms with E-state index in [2.05, 4.69) is 74.2 Å². The van der Waals surface area contributed by atoms with E-state index in [1.807, 2.05) is 0 Å². The molecular formula is C22H38N4O. The van der Waals surface area contributed by atoms with Gasteiger partial charge in [-0.2, -0.15) is 0 Å². The van der Waals surface area contributed by atoms with Crippen molar-refractivity contribution in [2.75, 3.05) is 40.4 Å². The number of benzene rings is 1. The molecule has 0 saturated heterocycles. The Labute approximate surface area is 165 Å². The molecule has 1 aromatic carbocycles. The van der Waals surface area contributed by atoms with Crippen LogP contribution in [-0.2, 0) is 17.8 Å². The molecule has 27 heavy (non-hydrogen) atoms. The molecule has 1 saturated carbocycles. The van der Waals surface area contributed by atoms with Gasteiger partial charge in [0.1, 0.15) is 0 Å². The first-order chi connectivity index (χ1) is 13.0. The largest absolute Gasteiger partial charge is 0.379 e. The van der Waals surface area contributed by atoms with Gasteiger partial charge in [-0.3, -0.25) is 4.90 Å². The number of guanidine groups is 1. The number of likely N-dealkylation sites (N-methyl/N-ethyl adjacent to an activating group) is 1. The van der Waals surface area contributed by atoms with Crippen molar-refractivity contribution in [1.82, 2.24) is 15.1 Å². The predicted molar refractivity (Wildman–Crippen MR) is 114 cm³/mol. The summed E-state index contributed by atoms with van der Waals surface area (Å²) in [5, 5.41) is 3.40. The van der Waals surface area contributed by atoms with Crippen LogP contribution in [0.3, 0.4) is 0 Å². The highest BCUT2D eigenvalue weighted by molar-refractivity contribution is 5.79. The van der Waals surface area contributed by atoms with E-state index in [0.29, 0.717) is 12.6 Å². The minimum Gasteiger partial charge on any atom is -0.379 e. The van der Waals surface area contributed by atoms with Crippen molar-refractivity contribution < 1.29 is 4.74 Å². The zero-order valence-corrected chi connectivity index (χ0v) is 17.9. The molecule has 0 radical (unpaired) electrons. The highest BCUT2D eigenvalue weighted by Crippen LogP contribution is 2.28. The normalized spacial score (nSPS) is 14.9. The summed E-state index contributed by atoms with van der Waals surface area (Å²) >= 11 is 0. The Balaban J connectivity index is 1.94. The summed E-state index contributed by atoms with van der Waals surface area (Å²) in [7, 11) is 4.25. The van der Waals surface area contributed by atoms with Crippen molar-refractivity contribution >= 4 is 5.96 Å². The van der Waals surface area contributed by atoms with Gasteiger partial charge in [-0.25, -0.2) is 4.99 Å². The van der Waals surface area contributed by atoms with Crippen LogP contribution in [0.4, 0.5) is 0 Å². The summed E-state index contributed by atoms with van der Waals surface area (Å²) in [6.45, 7) is 11.6. The maximum absolute atomic E-state index is 5.77. The SMILES string of the molecule is CCNC(=NCc1ccccc1CN(C)C(C)C)N(C)CCOCC1CC1. The van der Waals surface area contributed by atoms with Crippen molar-refractivity contribution in [3.63, 3.8) is 0 Å². The van der Waals surface area contributed by atoms with Crippen molar-refractivity contribution in [3.05, 3.63) is 35.4 Å². The maximum Gasteiger partial charge on any atom is 0.194 e. The summed E-state index contributed by atoms with van der Waals surface area (Å²) in [5.74, 6) is 1.76. The number of nitrogens with zero attached hydrogens (tertiary/aromatic N) is 3. The van der Waals surface area contributed by atoms with Crippen LogP contribution in [0.1, 0.15) is 44.7 Å². The molecule has 152 valence electrons. The summed E-state index contributed by atoms with van der Waals surface area (Å²) in [5.41, 5.74) is 2.64. The van der Waals surface area contributed by atoms with Crippen LogP contribution in [0.15, 0.2) is 29.3 Å². The fraction of sp³-hybridized carbons (Fsp3) is 0.682. The second kappa shape index (κ2) is 11.3. The van der Waals surface area contributed by atoms with Crippen LogP contribution in [0.25, 0.3) is 0 Å². The first-order valence-electron chi connectivity index (χ1n) is 10.4. The maximum atomic E-state index is 5.77. The molecule has 1 aliphatic carbocycles. The lowest BCUT2D eigenvalue weighted by atomic mass is 10.1. The topological polar surface area (TPSA) is 40.1 Å². The highest BCUT2D eigenvalue weighted by Gasteiger charge is 2.21. The third-order valence-electron chi connectivity index (χ3n) is 5.14. The average Bonchev–Trinajstić information content (AvgIpc) is 3.47. The van der Waals surface area contributed by atoms with Crippen LogP contribution in [0, 0.1) is 5.92 Å². The van der Waals surface area contributed by atoms with Gasteiger partial charge in [-0.05, 0) is 57.7 Å². The molecule has 1 fully saturated rings. The van der Waals surface area contributed by atoms with E-state index in [1.54, 1.807) is 0 Å². The molecule has 0 bridgehead atoms. The smallest absolute Gasteiger partial charge is 0.194 e. The van der Waals surface area contributed by atoms with Crippen LogP contribution in [0.5, 0.6) is 0 Å². The molecule has 0 aromatic heterocycles. The van der Waals surface area contributed by atoms with Crippen molar-refractivity contribution in [2.24, 2.45) is 10.9 Å². The third kappa shape index (κ3) is 7.89. The minimum atomic E-state index is 0.528. The van der Waals surface area contributed by atoms with E-state index in [9.17, 15) is 0 Å². The molecule has 2 rings (SSSR count). The number of nitrogens with one attached hydrogen (secondary N) is 1. The van der Waals surface area contributed by atoms with Gasteiger partial charge in [0, 0.05) is 39.3 Å². The molecule has 0 unspecified atom stereocenters. The van der Waals surface area contributed by atoms with Gasteiger partial charge >= 0.3 is 0 Å². The van der Waals surface area contributed by atoms with Gasteiger partial charge in [0.15, 0.2) is 5.96 Å².